The van der Waals surface area contributed by atoms with Gasteiger partial charge in [-0.1, -0.05) is 6.07 Å². The van der Waals surface area contributed by atoms with Gasteiger partial charge in [0.1, 0.15) is 0 Å². The van der Waals surface area contributed by atoms with Gasteiger partial charge in [0, 0.05) is 18.9 Å². The van der Waals surface area contributed by atoms with E-state index in [2.05, 4.69) is 10.3 Å². The highest BCUT2D eigenvalue weighted by Gasteiger charge is 2.53. The van der Waals surface area contributed by atoms with Gasteiger partial charge in [-0.05, 0) is 18.6 Å². The Hall–Kier alpha value is -1.63. The van der Waals surface area contributed by atoms with E-state index in [-0.39, 0.29) is 6.54 Å². The van der Waals surface area contributed by atoms with Crippen LogP contribution >= 0.6 is 0 Å². The molecule has 0 aliphatic carbocycles. The fraction of sp³-hybridized carbons (Fsp3) is 0.400. The first-order chi connectivity index (χ1) is 7.75. The standard InChI is InChI=1S/C10H12F3N3O/c1-9(14,10(11,12)13)8(17)16-6-7-3-2-4-15-5-7/h2-5H,6,14H2,1H3,(H,16,17). The zero-order valence-corrected chi connectivity index (χ0v) is 9.08. The highest BCUT2D eigenvalue weighted by molar-refractivity contribution is 5.86. The van der Waals surface area contributed by atoms with E-state index in [4.69, 9.17) is 5.73 Å². The van der Waals surface area contributed by atoms with Crippen LogP contribution in [0.25, 0.3) is 0 Å². The second-order valence-corrected chi connectivity index (χ2v) is 3.74. The third kappa shape index (κ3) is 3.16. The van der Waals surface area contributed by atoms with Crippen LogP contribution < -0.4 is 11.1 Å². The van der Waals surface area contributed by atoms with Crippen LogP contribution in [0.15, 0.2) is 24.5 Å². The quantitative estimate of drug-likeness (QED) is 0.836. The number of nitrogens with one attached hydrogen (secondary N) is 1. The Labute approximate surface area is 96.0 Å². The maximum absolute atomic E-state index is 12.4. The fourth-order valence-electron chi connectivity index (χ4n) is 0.997. The van der Waals surface area contributed by atoms with Gasteiger partial charge in [-0.25, -0.2) is 0 Å². The summed E-state index contributed by atoms with van der Waals surface area (Å²) >= 11 is 0. The summed E-state index contributed by atoms with van der Waals surface area (Å²) in [6.07, 6.45) is -1.82. The molecule has 1 aromatic heterocycles. The number of aromatic nitrogens is 1. The van der Waals surface area contributed by atoms with Gasteiger partial charge in [0.2, 0.25) is 5.91 Å². The van der Waals surface area contributed by atoms with Crippen LogP contribution in [0.3, 0.4) is 0 Å². The number of amides is 1. The van der Waals surface area contributed by atoms with Crippen molar-refractivity contribution in [1.82, 2.24) is 10.3 Å². The van der Waals surface area contributed by atoms with Crippen molar-refractivity contribution in [2.75, 3.05) is 0 Å². The Morgan fingerprint density at radius 3 is 2.65 bits per heavy atom. The summed E-state index contributed by atoms with van der Waals surface area (Å²) in [5, 5.41) is 2.12. The maximum Gasteiger partial charge on any atom is 0.415 e. The number of carbonyl (C=O) groups excluding carboxylic acids is 1. The molecule has 0 aliphatic rings. The van der Waals surface area contributed by atoms with Crippen molar-refractivity contribution >= 4 is 5.91 Å². The van der Waals surface area contributed by atoms with E-state index in [0.717, 1.165) is 0 Å². The highest BCUT2D eigenvalue weighted by atomic mass is 19.4. The third-order valence-electron chi connectivity index (χ3n) is 2.24. The lowest BCUT2D eigenvalue weighted by Gasteiger charge is -2.26. The van der Waals surface area contributed by atoms with Gasteiger partial charge < -0.3 is 11.1 Å². The number of hydrogen-bond acceptors (Lipinski definition) is 3. The van der Waals surface area contributed by atoms with Crippen molar-refractivity contribution in [3.63, 3.8) is 0 Å². The molecule has 0 radical (unpaired) electrons. The molecule has 1 rings (SSSR count). The minimum absolute atomic E-state index is 0.0461. The molecule has 4 nitrogen and oxygen atoms in total. The van der Waals surface area contributed by atoms with Gasteiger partial charge in [-0.15, -0.1) is 0 Å². The summed E-state index contributed by atoms with van der Waals surface area (Å²) < 4.78 is 37.2. The average molecular weight is 247 g/mol. The van der Waals surface area contributed by atoms with Crippen molar-refractivity contribution in [2.24, 2.45) is 5.73 Å². The molecule has 0 saturated carbocycles. The summed E-state index contributed by atoms with van der Waals surface area (Å²) in [7, 11) is 0. The second-order valence-electron chi connectivity index (χ2n) is 3.74. The van der Waals surface area contributed by atoms with Gasteiger partial charge in [0.05, 0.1) is 0 Å². The summed E-state index contributed by atoms with van der Waals surface area (Å²) in [4.78, 5) is 15.1. The van der Waals surface area contributed by atoms with Crippen LogP contribution in [-0.2, 0) is 11.3 Å². The van der Waals surface area contributed by atoms with Gasteiger partial charge in [0.15, 0.2) is 5.54 Å². The fourth-order valence-corrected chi connectivity index (χ4v) is 0.997. The predicted octanol–water partition coefficient (Wildman–Crippen LogP) is 0.977. The third-order valence-corrected chi connectivity index (χ3v) is 2.24. The van der Waals surface area contributed by atoms with E-state index in [1.807, 2.05) is 0 Å². The lowest BCUT2D eigenvalue weighted by Crippen LogP contribution is -2.61. The minimum atomic E-state index is -4.79. The molecule has 1 amide bonds. The highest BCUT2D eigenvalue weighted by Crippen LogP contribution is 2.27. The van der Waals surface area contributed by atoms with E-state index in [1.165, 1.54) is 12.4 Å². The topological polar surface area (TPSA) is 68.0 Å². The lowest BCUT2D eigenvalue weighted by atomic mass is 10.0. The molecular formula is C10H12F3N3O. The molecular weight excluding hydrogens is 235 g/mol. The van der Waals surface area contributed by atoms with Gasteiger partial charge in [0.25, 0.3) is 0 Å². The number of rotatable bonds is 3. The summed E-state index contributed by atoms with van der Waals surface area (Å²) in [5.41, 5.74) is 2.65. The first-order valence-corrected chi connectivity index (χ1v) is 4.78. The van der Waals surface area contributed by atoms with E-state index in [0.29, 0.717) is 12.5 Å². The van der Waals surface area contributed by atoms with Crippen LogP contribution in [0.4, 0.5) is 13.2 Å². The SMILES string of the molecule is CC(N)(C(=O)NCc1cccnc1)C(F)(F)F. The monoisotopic (exact) mass is 247 g/mol. The average Bonchev–Trinajstić information content (AvgIpc) is 2.25. The van der Waals surface area contributed by atoms with E-state index >= 15 is 0 Å². The largest absolute Gasteiger partial charge is 0.415 e. The summed E-state index contributed by atoms with van der Waals surface area (Å²) in [6.45, 7) is 0.584. The molecule has 94 valence electrons. The van der Waals surface area contributed by atoms with E-state index < -0.39 is 17.6 Å². The summed E-state index contributed by atoms with van der Waals surface area (Å²) in [5.74, 6) is -1.27. The maximum atomic E-state index is 12.4. The van der Waals surface area contributed by atoms with Gasteiger partial charge in [-0.3, -0.25) is 9.78 Å². The Morgan fingerprint density at radius 2 is 2.18 bits per heavy atom. The lowest BCUT2D eigenvalue weighted by molar-refractivity contribution is -0.187. The zero-order valence-electron chi connectivity index (χ0n) is 9.08. The number of hydrogen-bond donors (Lipinski definition) is 2. The van der Waals surface area contributed by atoms with Crippen LogP contribution in [0.2, 0.25) is 0 Å². The van der Waals surface area contributed by atoms with Crippen LogP contribution in [0.1, 0.15) is 12.5 Å². The van der Waals surface area contributed by atoms with Gasteiger partial charge in [-0.2, -0.15) is 13.2 Å². The first-order valence-electron chi connectivity index (χ1n) is 4.78. The minimum Gasteiger partial charge on any atom is -0.350 e. The number of alkyl halides is 3. The first kappa shape index (κ1) is 13.4. The Morgan fingerprint density at radius 1 is 1.53 bits per heavy atom. The van der Waals surface area contributed by atoms with Crippen molar-refractivity contribution in [3.8, 4) is 0 Å². The second kappa shape index (κ2) is 4.70. The Balaban J connectivity index is 2.62. The van der Waals surface area contributed by atoms with Crippen molar-refractivity contribution < 1.29 is 18.0 Å². The molecule has 0 aliphatic heterocycles. The molecule has 7 heteroatoms. The Bertz CT molecular complexity index is 390. The molecule has 1 unspecified atom stereocenters. The predicted molar refractivity (Wildman–Crippen MR) is 54.7 cm³/mol. The molecule has 0 bridgehead atoms. The van der Waals surface area contributed by atoms with Crippen molar-refractivity contribution in [2.45, 2.75) is 25.2 Å². The van der Waals surface area contributed by atoms with Crippen LogP contribution in [0.5, 0.6) is 0 Å². The molecule has 0 fully saturated rings. The molecule has 17 heavy (non-hydrogen) atoms. The molecule has 0 saturated heterocycles. The van der Waals surface area contributed by atoms with Crippen molar-refractivity contribution in [3.05, 3.63) is 30.1 Å². The van der Waals surface area contributed by atoms with E-state index in [1.54, 1.807) is 12.1 Å². The Kier molecular flexibility index (Phi) is 3.72. The van der Waals surface area contributed by atoms with E-state index in [9.17, 15) is 18.0 Å². The van der Waals surface area contributed by atoms with Crippen molar-refractivity contribution in [1.29, 1.82) is 0 Å². The number of pyridine rings is 1. The normalized spacial score (nSPS) is 15.1. The van der Waals surface area contributed by atoms with Crippen LogP contribution in [0, 0.1) is 0 Å². The zero-order chi connectivity index (χ0) is 13.1. The molecule has 1 heterocycles. The number of halogens is 3. The number of nitrogens with zero attached hydrogens (tertiary/aromatic N) is 1. The number of carbonyl (C=O) groups is 1. The van der Waals surface area contributed by atoms with Gasteiger partial charge >= 0.3 is 6.18 Å². The summed E-state index contributed by atoms with van der Waals surface area (Å²) in [6, 6.07) is 3.25. The number of nitrogens with two attached hydrogens (primary N) is 1. The molecule has 0 spiro atoms. The smallest absolute Gasteiger partial charge is 0.350 e. The molecule has 0 aromatic carbocycles. The molecule has 3 N–H and O–H groups in total. The molecule has 1 aromatic rings. The molecule has 1 atom stereocenters. The van der Waals surface area contributed by atoms with Crippen LogP contribution in [-0.4, -0.2) is 22.6 Å².